The highest BCUT2D eigenvalue weighted by Gasteiger charge is 2.23. The number of hydrogen-bond donors (Lipinski definition) is 0. The fraction of sp³-hybridized carbons (Fsp3) is 0. The van der Waals surface area contributed by atoms with Crippen LogP contribution in [0.2, 0.25) is 0 Å². The van der Waals surface area contributed by atoms with Gasteiger partial charge < -0.3 is 8.98 Å². The minimum Gasteiger partial charge on any atom is -0.456 e. The summed E-state index contributed by atoms with van der Waals surface area (Å²) in [5, 5.41) is 11.4. The van der Waals surface area contributed by atoms with Gasteiger partial charge in [0.2, 0.25) is 0 Å². The van der Waals surface area contributed by atoms with Gasteiger partial charge in [0, 0.05) is 64.5 Å². The highest BCUT2D eigenvalue weighted by molar-refractivity contribution is 7.25. The number of aromatic nitrogens is 4. The van der Waals surface area contributed by atoms with Gasteiger partial charge in [0.25, 0.3) is 0 Å². The summed E-state index contributed by atoms with van der Waals surface area (Å²) in [5.41, 5.74) is 7.56. The third kappa shape index (κ3) is 4.94. The molecule has 0 aliphatic rings. The first-order valence-corrected chi connectivity index (χ1v) is 20.6. The van der Waals surface area contributed by atoms with E-state index in [0.29, 0.717) is 17.5 Å². The molecule has 0 amide bonds. The van der Waals surface area contributed by atoms with Crippen molar-refractivity contribution < 1.29 is 4.42 Å². The molecule has 0 N–H and O–H groups in total. The normalized spacial score (nSPS) is 12.1. The number of furan rings is 1. The number of hydrogen-bond acceptors (Lipinski definition) is 5. The van der Waals surface area contributed by atoms with Crippen LogP contribution in [0.4, 0.5) is 0 Å². The fourth-order valence-corrected chi connectivity index (χ4v) is 10.2. The zero-order valence-electron chi connectivity index (χ0n) is 31.4. The van der Waals surface area contributed by atoms with E-state index >= 15 is 0 Å². The van der Waals surface area contributed by atoms with Crippen molar-refractivity contribution in [2.75, 3.05) is 0 Å². The van der Waals surface area contributed by atoms with Crippen molar-refractivity contribution in [2.24, 2.45) is 0 Å². The van der Waals surface area contributed by atoms with E-state index < -0.39 is 0 Å². The molecule has 4 heterocycles. The van der Waals surface area contributed by atoms with Gasteiger partial charge in [-0.25, -0.2) is 15.0 Å². The number of nitrogens with zero attached hydrogens (tertiary/aromatic N) is 4. The Kier molecular flexibility index (Phi) is 6.82. The van der Waals surface area contributed by atoms with Gasteiger partial charge in [-0.2, -0.15) is 0 Å². The lowest BCUT2D eigenvalue weighted by Crippen LogP contribution is -2.02. The van der Waals surface area contributed by atoms with Gasteiger partial charge in [-0.15, -0.1) is 11.3 Å². The molecule has 5 nitrogen and oxygen atoms in total. The van der Waals surface area contributed by atoms with Crippen LogP contribution in [-0.2, 0) is 0 Å². The Morgan fingerprint density at radius 2 is 1.05 bits per heavy atom. The van der Waals surface area contributed by atoms with Crippen LogP contribution in [0.1, 0.15) is 0 Å². The molecule has 0 saturated carbocycles. The molecule has 0 unspecified atom stereocenters. The molecule has 274 valence electrons. The van der Waals surface area contributed by atoms with Gasteiger partial charge in [-0.05, 0) is 70.1 Å². The van der Waals surface area contributed by atoms with Crippen LogP contribution < -0.4 is 0 Å². The molecule has 0 spiro atoms. The molecule has 59 heavy (non-hydrogen) atoms. The second-order valence-electron chi connectivity index (χ2n) is 15.2. The molecule has 6 heteroatoms. The third-order valence-corrected chi connectivity index (χ3v) is 12.9. The lowest BCUT2D eigenvalue weighted by atomic mass is 10.0. The van der Waals surface area contributed by atoms with Crippen molar-refractivity contribution in [3.8, 4) is 39.9 Å². The van der Waals surface area contributed by atoms with E-state index in [9.17, 15) is 0 Å². The second kappa shape index (κ2) is 12.4. The van der Waals surface area contributed by atoms with Gasteiger partial charge in [0.15, 0.2) is 17.5 Å². The summed E-state index contributed by atoms with van der Waals surface area (Å²) < 4.78 is 11.5. The molecule has 0 aliphatic carbocycles. The van der Waals surface area contributed by atoms with Gasteiger partial charge in [-0.3, -0.25) is 0 Å². The SMILES string of the molecule is c1ccc2cc(-c3nc(-c4cc(-n5c6ccccc6c6cc7ccccc7cc65)cc5oc6ccccc6c45)nc(-c4cccc5sc6ccccc6c45)n3)ccc2c1. The summed E-state index contributed by atoms with van der Waals surface area (Å²) >= 11 is 1.79. The minimum atomic E-state index is 0.583. The molecule has 13 rings (SSSR count). The maximum Gasteiger partial charge on any atom is 0.164 e. The average Bonchev–Trinajstić information content (AvgIpc) is 3.97. The monoisotopic (exact) mass is 770 g/mol. The molecule has 0 bridgehead atoms. The maximum absolute atomic E-state index is 6.74. The zero-order chi connectivity index (χ0) is 38.6. The first-order chi connectivity index (χ1) is 29.2. The fourth-order valence-electron chi connectivity index (χ4n) is 9.11. The van der Waals surface area contributed by atoms with Crippen molar-refractivity contribution in [3.63, 3.8) is 0 Å². The zero-order valence-corrected chi connectivity index (χ0v) is 32.2. The summed E-state index contributed by atoms with van der Waals surface area (Å²) in [5.74, 6) is 1.82. The molecule has 0 atom stereocenters. The van der Waals surface area contributed by atoms with Crippen molar-refractivity contribution in [1.82, 2.24) is 19.5 Å². The summed E-state index contributed by atoms with van der Waals surface area (Å²) in [6.45, 7) is 0. The molecule has 9 aromatic carbocycles. The van der Waals surface area contributed by atoms with Crippen molar-refractivity contribution in [3.05, 3.63) is 182 Å². The Hall–Kier alpha value is -7.67. The number of thiophene rings is 1. The van der Waals surface area contributed by atoms with Gasteiger partial charge in [0.05, 0.1) is 16.7 Å². The van der Waals surface area contributed by atoms with Crippen LogP contribution in [-0.4, -0.2) is 19.5 Å². The summed E-state index contributed by atoms with van der Waals surface area (Å²) in [7, 11) is 0. The average molecular weight is 771 g/mol. The predicted molar refractivity (Wildman–Crippen MR) is 246 cm³/mol. The maximum atomic E-state index is 6.74. The molecular formula is C53H30N4OS. The van der Waals surface area contributed by atoms with Crippen LogP contribution in [0.15, 0.2) is 186 Å². The largest absolute Gasteiger partial charge is 0.456 e. The smallest absolute Gasteiger partial charge is 0.164 e. The van der Waals surface area contributed by atoms with E-state index in [0.717, 1.165) is 66.1 Å². The van der Waals surface area contributed by atoms with Crippen LogP contribution >= 0.6 is 11.3 Å². The molecule has 0 radical (unpaired) electrons. The molecule has 13 aromatic rings. The number of benzene rings is 9. The van der Waals surface area contributed by atoms with E-state index in [2.05, 4.69) is 174 Å². The first-order valence-electron chi connectivity index (χ1n) is 19.8. The highest BCUT2D eigenvalue weighted by atomic mass is 32.1. The molecule has 0 aliphatic heterocycles. The number of rotatable bonds is 4. The highest BCUT2D eigenvalue weighted by Crippen LogP contribution is 2.43. The number of para-hydroxylation sites is 2. The topological polar surface area (TPSA) is 56.7 Å². The van der Waals surface area contributed by atoms with E-state index in [-0.39, 0.29) is 0 Å². The van der Waals surface area contributed by atoms with E-state index in [4.69, 9.17) is 19.4 Å². The Labute approximate surface area is 341 Å². The summed E-state index contributed by atoms with van der Waals surface area (Å²) in [6.07, 6.45) is 0. The predicted octanol–water partition coefficient (Wildman–Crippen LogP) is 14.5. The van der Waals surface area contributed by atoms with Gasteiger partial charge in [-0.1, -0.05) is 127 Å². The van der Waals surface area contributed by atoms with E-state index in [1.54, 1.807) is 11.3 Å². The van der Waals surface area contributed by atoms with Gasteiger partial charge in [0.1, 0.15) is 11.2 Å². The third-order valence-electron chi connectivity index (χ3n) is 11.8. The standard InChI is InChI=1S/C53H30N4OS/c1-2-13-32-26-35(25-24-31(32)12-1)51-54-52(40-19-11-23-48-50(40)39-18-7-10-22-47(39)59-48)56-53(55-51)42-29-36(30-46-49(42)38-17-6-9-21-45(38)58-46)57-43-20-8-5-16-37(43)41-27-33-14-3-4-15-34(33)28-44(41)57/h1-30H. The van der Waals surface area contributed by atoms with Crippen LogP contribution in [0.25, 0.3) is 125 Å². The molecule has 4 aromatic heterocycles. The van der Waals surface area contributed by atoms with Crippen molar-refractivity contribution >= 4 is 96.8 Å². The van der Waals surface area contributed by atoms with Crippen molar-refractivity contribution in [2.45, 2.75) is 0 Å². The van der Waals surface area contributed by atoms with E-state index in [1.807, 2.05) is 12.1 Å². The minimum absolute atomic E-state index is 0.583. The Bertz CT molecular complexity index is 3870. The van der Waals surface area contributed by atoms with E-state index in [1.165, 1.54) is 41.7 Å². The van der Waals surface area contributed by atoms with Crippen LogP contribution in [0.3, 0.4) is 0 Å². The Morgan fingerprint density at radius 3 is 1.92 bits per heavy atom. The lowest BCUT2D eigenvalue weighted by Gasteiger charge is -2.13. The summed E-state index contributed by atoms with van der Waals surface area (Å²) in [4.78, 5) is 16.2. The van der Waals surface area contributed by atoms with Crippen LogP contribution in [0, 0.1) is 0 Å². The number of fused-ring (bicyclic) bond motifs is 11. The lowest BCUT2D eigenvalue weighted by molar-refractivity contribution is 0.668. The second-order valence-corrected chi connectivity index (χ2v) is 16.3. The molecule has 0 saturated heterocycles. The van der Waals surface area contributed by atoms with Crippen LogP contribution in [0.5, 0.6) is 0 Å². The Morgan fingerprint density at radius 1 is 0.390 bits per heavy atom. The molecule has 0 fully saturated rings. The first kappa shape index (κ1) is 32.4. The quantitative estimate of drug-likeness (QED) is 0.179. The van der Waals surface area contributed by atoms with Gasteiger partial charge >= 0.3 is 0 Å². The Balaban J connectivity index is 1.14. The molecular weight excluding hydrogens is 741 g/mol. The summed E-state index contributed by atoms with van der Waals surface area (Å²) in [6, 6.07) is 64.4. The van der Waals surface area contributed by atoms with Crippen molar-refractivity contribution in [1.29, 1.82) is 0 Å².